The van der Waals surface area contributed by atoms with Crippen molar-refractivity contribution in [2.75, 3.05) is 26.2 Å². The van der Waals surface area contributed by atoms with Crippen LogP contribution in [0.4, 0.5) is 13.2 Å². The number of nitrogens with zero attached hydrogens (tertiary/aromatic N) is 2. The predicted octanol–water partition coefficient (Wildman–Crippen LogP) is 3.35. The summed E-state index contributed by atoms with van der Waals surface area (Å²) in [6.45, 7) is 0.971. The van der Waals surface area contributed by atoms with Gasteiger partial charge >= 0.3 is 6.18 Å². The van der Waals surface area contributed by atoms with Gasteiger partial charge in [-0.15, -0.1) is 0 Å². The van der Waals surface area contributed by atoms with Gasteiger partial charge in [0.25, 0.3) is 17.6 Å². The quantitative estimate of drug-likeness (QED) is 0.513. The second-order valence-electron chi connectivity index (χ2n) is 7.24. The Labute approximate surface area is 175 Å². The lowest BCUT2D eigenvalue weighted by atomic mass is 10.1. The Kier molecular flexibility index (Phi) is 5.26. The Morgan fingerprint density at radius 1 is 0.871 bits per heavy atom. The molecule has 1 aliphatic rings. The first kappa shape index (κ1) is 20.6. The molecule has 0 unspecified atom stereocenters. The van der Waals surface area contributed by atoms with E-state index in [9.17, 15) is 27.6 Å². The number of ketones is 1. The number of hydrogen-bond donors (Lipinski definition) is 1. The van der Waals surface area contributed by atoms with Crippen LogP contribution in [0.3, 0.4) is 0 Å². The summed E-state index contributed by atoms with van der Waals surface area (Å²) in [6.07, 6.45) is -3.25. The number of H-pyrrole nitrogens is 1. The molecule has 2 aromatic carbocycles. The number of Topliss-reactive ketones (excluding diaryl/α,β-unsaturated/α-hetero) is 1. The first-order chi connectivity index (χ1) is 14.8. The van der Waals surface area contributed by atoms with Crippen LogP contribution in [0.5, 0.6) is 0 Å². The number of nitrogens with one attached hydrogen (secondary N) is 1. The fourth-order valence-corrected chi connectivity index (χ4v) is 3.63. The molecule has 31 heavy (non-hydrogen) atoms. The highest BCUT2D eigenvalue weighted by Gasteiger charge is 2.32. The minimum Gasteiger partial charge on any atom is -0.360 e. The molecule has 1 N–H and O–H groups in total. The lowest BCUT2D eigenvalue weighted by Crippen LogP contribution is -2.52. The molecule has 1 aromatic heterocycles. The van der Waals surface area contributed by atoms with Crippen molar-refractivity contribution in [3.05, 3.63) is 71.4 Å². The van der Waals surface area contributed by atoms with Crippen LogP contribution >= 0.6 is 0 Å². The summed E-state index contributed by atoms with van der Waals surface area (Å²) in [7, 11) is 0. The Morgan fingerprint density at radius 2 is 1.52 bits per heavy atom. The number of amides is 2. The van der Waals surface area contributed by atoms with Gasteiger partial charge in [0, 0.05) is 48.8 Å². The van der Waals surface area contributed by atoms with Gasteiger partial charge in [-0.05, 0) is 24.3 Å². The van der Waals surface area contributed by atoms with E-state index >= 15 is 0 Å². The molecule has 0 bridgehead atoms. The molecular formula is C22H18F3N3O3. The largest absolute Gasteiger partial charge is 0.416 e. The molecule has 3 aromatic rings. The Hall–Kier alpha value is -3.62. The summed E-state index contributed by atoms with van der Waals surface area (Å²) in [6, 6.07) is 11.7. The zero-order valence-electron chi connectivity index (χ0n) is 16.3. The molecule has 4 rings (SSSR count). The van der Waals surface area contributed by atoms with Crippen LogP contribution in [0.2, 0.25) is 0 Å². The third-order valence-corrected chi connectivity index (χ3v) is 5.32. The number of piperazine rings is 1. The lowest BCUT2D eigenvalue weighted by molar-refractivity contribution is -0.137. The van der Waals surface area contributed by atoms with Crippen molar-refractivity contribution in [2.24, 2.45) is 0 Å². The lowest BCUT2D eigenvalue weighted by Gasteiger charge is -2.34. The van der Waals surface area contributed by atoms with Gasteiger partial charge in [-0.25, -0.2) is 0 Å². The van der Waals surface area contributed by atoms with Gasteiger partial charge in [-0.3, -0.25) is 14.4 Å². The molecule has 0 spiro atoms. The highest BCUT2D eigenvalue weighted by molar-refractivity contribution is 6.44. The zero-order valence-corrected chi connectivity index (χ0v) is 16.3. The minimum absolute atomic E-state index is 0.0246. The summed E-state index contributed by atoms with van der Waals surface area (Å²) < 4.78 is 38.6. The number of hydrogen-bond acceptors (Lipinski definition) is 3. The van der Waals surface area contributed by atoms with Crippen LogP contribution in [0.1, 0.15) is 26.3 Å². The molecule has 0 atom stereocenters. The first-order valence-electron chi connectivity index (χ1n) is 9.62. The van der Waals surface area contributed by atoms with Gasteiger partial charge in [-0.1, -0.05) is 24.3 Å². The Balaban J connectivity index is 1.45. The molecule has 1 saturated heterocycles. The molecular weight excluding hydrogens is 411 g/mol. The third-order valence-electron chi connectivity index (χ3n) is 5.32. The van der Waals surface area contributed by atoms with Crippen LogP contribution in [0.25, 0.3) is 10.9 Å². The number of carbonyl (C=O) groups is 3. The van der Waals surface area contributed by atoms with Gasteiger partial charge in [0.05, 0.1) is 11.1 Å². The predicted molar refractivity (Wildman–Crippen MR) is 107 cm³/mol. The van der Waals surface area contributed by atoms with Crippen molar-refractivity contribution in [2.45, 2.75) is 6.18 Å². The number of carbonyl (C=O) groups excluding carboxylic acids is 3. The molecule has 0 aliphatic carbocycles. The average Bonchev–Trinajstić information content (AvgIpc) is 3.21. The summed E-state index contributed by atoms with van der Waals surface area (Å²) in [4.78, 5) is 43.5. The van der Waals surface area contributed by atoms with Gasteiger partial charge in [0.2, 0.25) is 0 Å². The molecule has 160 valence electrons. The number of fused-ring (bicyclic) bond motifs is 1. The van der Waals surface area contributed by atoms with Crippen molar-refractivity contribution < 1.29 is 27.6 Å². The van der Waals surface area contributed by atoms with E-state index in [1.165, 1.54) is 17.2 Å². The monoisotopic (exact) mass is 429 g/mol. The fraction of sp³-hybridized carbons (Fsp3) is 0.227. The summed E-state index contributed by atoms with van der Waals surface area (Å²) in [5, 5.41) is 0.254. The van der Waals surface area contributed by atoms with Crippen LogP contribution in [0, 0.1) is 0 Å². The molecule has 2 amide bonds. The Morgan fingerprint density at radius 3 is 2.16 bits per heavy atom. The van der Waals surface area contributed by atoms with E-state index in [1.54, 1.807) is 29.2 Å². The second kappa shape index (κ2) is 7.90. The minimum atomic E-state index is -4.50. The fourth-order valence-electron chi connectivity index (χ4n) is 3.63. The van der Waals surface area contributed by atoms with E-state index in [4.69, 9.17) is 0 Å². The number of aromatic amines is 1. The van der Waals surface area contributed by atoms with Crippen molar-refractivity contribution >= 4 is 28.5 Å². The topological polar surface area (TPSA) is 73.5 Å². The molecule has 1 aliphatic heterocycles. The van der Waals surface area contributed by atoms with Crippen molar-refractivity contribution in [1.82, 2.24) is 14.8 Å². The number of halogens is 3. The third kappa shape index (κ3) is 4.03. The summed E-state index contributed by atoms with van der Waals surface area (Å²) in [5.74, 6) is -1.68. The van der Waals surface area contributed by atoms with E-state index in [2.05, 4.69) is 4.98 Å². The zero-order chi connectivity index (χ0) is 22.2. The molecule has 0 saturated carbocycles. The molecule has 2 heterocycles. The van der Waals surface area contributed by atoms with E-state index in [0.717, 1.165) is 12.1 Å². The molecule has 1 fully saturated rings. The van der Waals surface area contributed by atoms with Crippen LogP contribution in [-0.4, -0.2) is 58.6 Å². The van der Waals surface area contributed by atoms with Crippen LogP contribution in [-0.2, 0) is 11.0 Å². The van der Waals surface area contributed by atoms with Crippen LogP contribution in [0.15, 0.2) is 54.7 Å². The number of aromatic nitrogens is 1. The first-order valence-corrected chi connectivity index (χ1v) is 9.62. The number of rotatable bonds is 3. The van der Waals surface area contributed by atoms with E-state index in [0.29, 0.717) is 5.56 Å². The smallest absolute Gasteiger partial charge is 0.360 e. The van der Waals surface area contributed by atoms with E-state index in [1.807, 2.05) is 6.07 Å². The summed E-state index contributed by atoms with van der Waals surface area (Å²) in [5.41, 5.74) is -0.137. The maximum Gasteiger partial charge on any atom is 0.416 e. The highest BCUT2D eigenvalue weighted by atomic mass is 19.4. The molecule has 6 nitrogen and oxygen atoms in total. The number of benzene rings is 2. The number of alkyl halides is 3. The van der Waals surface area contributed by atoms with Gasteiger partial charge < -0.3 is 14.8 Å². The standard InChI is InChI=1S/C22H18F3N3O3/c23-22(24,25)15-6-7-16-17(13-26-18(16)12-15)19(29)21(31)28-10-8-27(9-11-28)20(30)14-4-2-1-3-5-14/h1-7,12-13,26H,8-11H2. The van der Waals surface area contributed by atoms with Gasteiger partial charge in [-0.2, -0.15) is 13.2 Å². The van der Waals surface area contributed by atoms with E-state index < -0.39 is 23.4 Å². The molecule has 0 radical (unpaired) electrons. The van der Waals surface area contributed by atoms with Crippen molar-refractivity contribution in [3.8, 4) is 0 Å². The maximum absolute atomic E-state index is 12.9. The highest BCUT2D eigenvalue weighted by Crippen LogP contribution is 2.32. The SMILES string of the molecule is O=C(C(=O)N1CCN(C(=O)c2ccccc2)CC1)c1c[nH]c2cc(C(F)(F)F)ccc12. The van der Waals surface area contributed by atoms with Crippen molar-refractivity contribution in [1.29, 1.82) is 0 Å². The normalized spacial score (nSPS) is 14.7. The molecule has 9 heteroatoms. The van der Waals surface area contributed by atoms with Gasteiger partial charge in [0.15, 0.2) is 0 Å². The van der Waals surface area contributed by atoms with Gasteiger partial charge in [0.1, 0.15) is 0 Å². The second-order valence-corrected chi connectivity index (χ2v) is 7.24. The van der Waals surface area contributed by atoms with Crippen molar-refractivity contribution in [3.63, 3.8) is 0 Å². The van der Waals surface area contributed by atoms with Crippen LogP contribution < -0.4 is 0 Å². The average molecular weight is 429 g/mol. The summed E-state index contributed by atoms with van der Waals surface area (Å²) >= 11 is 0. The Bertz CT molecular complexity index is 1150. The maximum atomic E-state index is 12.9. The van der Waals surface area contributed by atoms with E-state index in [-0.39, 0.29) is 48.6 Å².